The van der Waals surface area contributed by atoms with Gasteiger partial charge < -0.3 is 10.1 Å². The molecular formula is C17H17FN4O4. The number of ether oxygens (including phenoxy) is 1. The Kier molecular flexibility index (Phi) is 5.40. The summed E-state index contributed by atoms with van der Waals surface area (Å²) >= 11 is 0. The number of carbonyl (C=O) groups is 1. The molecule has 9 heteroatoms. The Morgan fingerprint density at radius 1 is 1.27 bits per heavy atom. The number of hydrogen-bond donors (Lipinski definition) is 3. The molecule has 0 saturated carbocycles. The highest BCUT2D eigenvalue weighted by molar-refractivity contribution is 5.77. The summed E-state index contributed by atoms with van der Waals surface area (Å²) in [5.74, 6) is -0.322. The van der Waals surface area contributed by atoms with Crippen LogP contribution >= 0.6 is 0 Å². The summed E-state index contributed by atoms with van der Waals surface area (Å²) in [7, 11) is 0. The van der Waals surface area contributed by atoms with Crippen molar-refractivity contribution in [3.8, 4) is 5.75 Å². The fourth-order valence-electron chi connectivity index (χ4n) is 2.64. The smallest absolute Gasteiger partial charge is 0.269 e. The number of benzene rings is 2. The van der Waals surface area contributed by atoms with E-state index in [0.29, 0.717) is 12.2 Å². The molecule has 1 saturated heterocycles. The lowest BCUT2D eigenvalue weighted by Crippen LogP contribution is -2.45. The molecule has 0 aliphatic carbocycles. The minimum absolute atomic E-state index is 0.0180. The van der Waals surface area contributed by atoms with Crippen LogP contribution < -0.4 is 20.9 Å². The average molecular weight is 360 g/mol. The van der Waals surface area contributed by atoms with Gasteiger partial charge in [-0.1, -0.05) is 12.1 Å². The van der Waals surface area contributed by atoms with Gasteiger partial charge in [0.25, 0.3) is 11.6 Å². The molecule has 0 spiro atoms. The summed E-state index contributed by atoms with van der Waals surface area (Å²) in [6.45, 7) is -0.203. The van der Waals surface area contributed by atoms with Crippen molar-refractivity contribution < 1.29 is 18.8 Å². The van der Waals surface area contributed by atoms with E-state index in [2.05, 4.69) is 16.2 Å². The first-order valence-corrected chi connectivity index (χ1v) is 7.94. The molecule has 1 aliphatic heterocycles. The Morgan fingerprint density at radius 3 is 2.77 bits per heavy atom. The van der Waals surface area contributed by atoms with Gasteiger partial charge in [0.2, 0.25) is 0 Å². The minimum Gasteiger partial charge on any atom is -0.484 e. The highest BCUT2D eigenvalue weighted by atomic mass is 19.1. The molecule has 26 heavy (non-hydrogen) atoms. The van der Waals surface area contributed by atoms with Gasteiger partial charge in [0.15, 0.2) is 6.61 Å². The highest BCUT2D eigenvalue weighted by Crippen LogP contribution is 2.24. The molecule has 2 aromatic rings. The molecule has 0 radical (unpaired) electrons. The second-order valence-electron chi connectivity index (χ2n) is 5.79. The van der Waals surface area contributed by atoms with Crippen LogP contribution in [0.25, 0.3) is 0 Å². The summed E-state index contributed by atoms with van der Waals surface area (Å²) in [4.78, 5) is 22.4. The molecule has 1 fully saturated rings. The summed E-state index contributed by atoms with van der Waals surface area (Å²) in [6, 6.07) is 11.6. The molecule has 2 unspecified atom stereocenters. The molecule has 1 amide bonds. The van der Waals surface area contributed by atoms with Gasteiger partial charge in [-0.05, 0) is 29.8 Å². The van der Waals surface area contributed by atoms with Crippen LogP contribution in [0.15, 0.2) is 48.5 Å². The van der Waals surface area contributed by atoms with E-state index in [1.54, 1.807) is 12.1 Å². The van der Waals surface area contributed by atoms with Crippen molar-refractivity contribution in [3.05, 3.63) is 70.0 Å². The first kappa shape index (κ1) is 17.8. The Balaban J connectivity index is 1.49. The standard InChI is InChI=1S/C17H17FN4O4/c18-12-4-6-14(7-5-12)26-10-17(23)19-16-9-15(20-21-16)11-2-1-3-13(8-11)22(24)25/h1-8,15-16,20-21H,9-10H2,(H,19,23). The van der Waals surface area contributed by atoms with Gasteiger partial charge in [0.1, 0.15) is 11.6 Å². The number of nitro benzene ring substituents is 1. The molecular weight excluding hydrogens is 343 g/mol. The maximum Gasteiger partial charge on any atom is 0.269 e. The topological polar surface area (TPSA) is 106 Å². The van der Waals surface area contributed by atoms with Crippen molar-refractivity contribution in [1.82, 2.24) is 16.2 Å². The van der Waals surface area contributed by atoms with Crippen molar-refractivity contribution in [1.29, 1.82) is 0 Å². The van der Waals surface area contributed by atoms with Gasteiger partial charge in [-0.3, -0.25) is 14.9 Å². The van der Waals surface area contributed by atoms with Crippen LogP contribution in [0, 0.1) is 15.9 Å². The molecule has 3 N–H and O–H groups in total. The average Bonchev–Trinajstić information content (AvgIpc) is 3.10. The molecule has 1 aliphatic rings. The molecule has 2 aromatic carbocycles. The highest BCUT2D eigenvalue weighted by Gasteiger charge is 2.27. The summed E-state index contributed by atoms with van der Waals surface area (Å²) in [5.41, 5.74) is 6.71. The molecule has 2 atom stereocenters. The van der Waals surface area contributed by atoms with Crippen LogP contribution in [-0.4, -0.2) is 23.6 Å². The van der Waals surface area contributed by atoms with Crippen LogP contribution in [0.2, 0.25) is 0 Å². The molecule has 136 valence electrons. The summed E-state index contributed by atoms with van der Waals surface area (Å²) < 4.78 is 18.1. The third kappa shape index (κ3) is 4.52. The Labute approximate surface area is 148 Å². The van der Waals surface area contributed by atoms with Gasteiger partial charge in [-0.25, -0.2) is 15.2 Å². The second kappa shape index (κ2) is 7.89. The maximum atomic E-state index is 12.8. The lowest BCUT2D eigenvalue weighted by molar-refractivity contribution is -0.384. The van der Waals surface area contributed by atoms with E-state index in [1.807, 2.05) is 0 Å². The van der Waals surface area contributed by atoms with E-state index in [0.717, 1.165) is 5.56 Å². The van der Waals surface area contributed by atoms with Crippen LogP contribution in [-0.2, 0) is 4.79 Å². The number of halogens is 1. The first-order chi connectivity index (χ1) is 12.5. The van der Waals surface area contributed by atoms with Crippen LogP contribution in [0.4, 0.5) is 10.1 Å². The monoisotopic (exact) mass is 360 g/mol. The van der Waals surface area contributed by atoms with E-state index in [9.17, 15) is 19.3 Å². The number of nitrogens with zero attached hydrogens (tertiary/aromatic N) is 1. The van der Waals surface area contributed by atoms with Gasteiger partial charge in [-0.2, -0.15) is 0 Å². The number of nitrogens with one attached hydrogen (secondary N) is 3. The SMILES string of the molecule is O=C(COc1ccc(F)cc1)NC1CC(c2cccc([N+](=O)[O-])c2)NN1. The minimum atomic E-state index is -0.447. The zero-order valence-corrected chi connectivity index (χ0v) is 13.6. The predicted molar refractivity (Wildman–Crippen MR) is 90.6 cm³/mol. The number of hydrazine groups is 1. The van der Waals surface area contributed by atoms with E-state index < -0.39 is 4.92 Å². The van der Waals surface area contributed by atoms with Crippen molar-refractivity contribution in [2.45, 2.75) is 18.6 Å². The maximum absolute atomic E-state index is 12.8. The number of hydrogen-bond acceptors (Lipinski definition) is 6. The first-order valence-electron chi connectivity index (χ1n) is 7.94. The zero-order valence-electron chi connectivity index (χ0n) is 13.6. The van der Waals surface area contributed by atoms with Gasteiger partial charge in [0.05, 0.1) is 11.1 Å². The lowest BCUT2D eigenvalue weighted by atomic mass is 10.0. The Morgan fingerprint density at radius 2 is 2.04 bits per heavy atom. The summed E-state index contributed by atoms with van der Waals surface area (Å²) in [5, 5.41) is 13.6. The van der Waals surface area contributed by atoms with Crippen molar-refractivity contribution in [2.75, 3.05) is 6.61 Å². The van der Waals surface area contributed by atoms with Gasteiger partial charge >= 0.3 is 0 Å². The summed E-state index contributed by atoms with van der Waals surface area (Å²) in [6.07, 6.45) is 0.173. The van der Waals surface area contributed by atoms with Gasteiger partial charge in [-0.15, -0.1) is 0 Å². The van der Waals surface area contributed by atoms with Gasteiger partial charge in [0, 0.05) is 24.6 Å². The number of non-ortho nitro benzene ring substituents is 1. The lowest BCUT2D eigenvalue weighted by Gasteiger charge is -2.13. The number of nitro groups is 1. The Bertz CT molecular complexity index is 800. The molecule has 1 heterocycles. The number of amides is 1. The number of carbonyl (C=O) groups excluding carboxylic acids is 1. The normalized spacial score (nSPS) is 19.1. The molecule has 8 nitrogen and oxygen atoms in total. The fraction of sp³-hybridized carbons (Fsp3) is 0.235. The third-order valence-electron chi connectivity index (χ3n) is 3.91. The molecule has 0 aromatic heterocycles. The Hall–Kier alpha value is -3.04. The van der Waals surface area contributed by atoms with Crippen LogP contribution in [0.5, 0.6) is 5.75 Å². The number of rotatable bonds is 6. The van der Waals surface area contributed by atoms with E-state index in [4.69, 9.17) is 4.74 Å². The molecule has 0 bridgehead atoms. The van der Waals surface area contributed by atoms with Crippen LogP contribution in [0.3, 0.4) is 0 Å². The van der Waals surface area contributed by atoms with Crippen molar-refractivity contribution >= 4 is 11.6 Å². The van der Waals surface area contributed by atoms with E-state index >= 15 is 0 Å². The van der Waals surface area contributed by atoms with Crippen molar-refractivity contribution in [3.63, 3.8) is 0 Å². The largest absolute Gasteiger partial charge is 0.484 e. The van der Waals surface area contributed by atoms with E-state index in [1.165, 1.54) is 36.4 Å². The zero-order chi connectivity index (χ0) is 18.5. The molecule has 3 rings (SSSR count). The second-order valence-corrected chi connectivity index (χ2v) is 5.79. The quantitative estimate of drug-likeness (QED) is 0.536. The predicted octanol–water partition coefficient (Wildman–Crippen LogP) is 1.79. The third-order valence-corrected chi connectivity index (χ3v) is 3.91. The van der Waals surface area contributed by atoms with Crippen LogP contribution in [0.1, 0.15) is 18.0 Å². The van der Waals surface area contributed by atoms with E-state index in [-0.39, 0.29) is 36.2 Å². The van der Waals surface area contributed by atoms with Crippen molar-refractivity contribution in [2.24, 2.45) is 0 Å². The fourth-order valence-corrected chi connectivity index (χ4v) is 2.64.